The summed E-state index contributed by atoms with van der Waals surface area (Å²) in [5, 5.41) is 8.41. The fourth-order valence-corrected chi connectivity index (χ4v) is 4.91. The monoisotopic (exact) mass is 498 g/mol. The van der Waals surface area contributed by atoms with Crippen LogP contribution in [0.5, 0.6) is 0 Å². The SMILES string of the molecule is Cc1ccccc1C(=O)NC(=S)Nc1ccc(N2CCN(C(=O)c3cccs3)CC2)c(Cl)c1. The molecule has 1 aromatic heterocycles. The number of carbonyl (C=O) groups excluding carboxylic acids is 2. The summed E-state index contributed by atoms with van der Waals surface area (Å²) in [6.07, 6.45) is 0. The molecule has 170 valence electrons. The Morgan fingerprint density at radius 2 is 1.79 bits per heavy atom. The number of aryl methyl sites for hydroxylation is 1. The molecule has 2 amide bonds. The van der Waals surface area contributed by atoms with Crippen LogP contribution in [0, 0.1) is 6.92 Å². The molecule has 0 radical (unpaired) electrons. The number of anilines is 2. The van der Waals surface area contributed by atoms with Gasteiger partial charge >= 0.3 is 0 Å². The van der Waals surface area contributed by atoms with Crippen LogP contribution in [0.1, 0.15) is 25.6 Å². The average molecular weight is 499 g/mol. The third-order valence-electron chi connectivity index (χ3n) is 5.46. The van der Waals surface area contributed by atoms with Gasteiger partial charge in [-0.25, -0.2) is 0 Å². The topological polar surface area (TPSA) is 64.7 Å². The molecule has 1 aliphatic heterocycles. The van der Waals surface area contributed by atoms with Gasteiger partial charge in [-0.1, -0.05) is 35.9 Å². The Labute approximate surface area is 207 Å². The van der Waals surface area contributed by atoms with Gasteiger partial charge in [0.2, 0.25) is 0 Å². The smallest absolute Gasteiger partial charge is 0.264 e. The highest BCUT2D eigenvalue weighted by Gasteiger charge is 2.24. The summed E-state index contributed by atoms with van der Waals surface area (Å²) in [6.45, 7) is 4.56. The summed E-state index contributed by atoms with van der Waals surface area (Å²) < 4.78 is 0. The minimum atomic E-state index is -0.261. The number of nitrogens with one attached hydrogen (secondary N) is 2. The van der Waals surface area contributed by atoms with E-state index >= 15 is 0 Å². The van der Waals surface area contributed by atoms with Crippen molar-refractivity contribution < 1.29 is 9.59 Å². The van der Waals surface area contributed by atoms with Gasteiger partial charge in [0, 0.05) is 37.4 Å². The van der Waals surface area contributed by atoms with Gasteiger partial charge in [-0.15, -0.1) is 11.3 Å². The predicted octanol–water partition coefficient (Wildman–Crippen LogP) is 4.80. The molecule has 6 nitrogen and oxygen atoms in total. The largest absolute Gasteiger partial charge is 0.367 e. The van der Waals surface area contributed by atoms with Crippen molar-refractivity contribution in [2.24, 2.45) is 0 Å². The van der Waals surface area contributed by atoms with Gasteiger partial charge < -0.3 is 15.1 Å². The minimum Gasteiger partial charge on any atom is -0.367 e. The molecule has 0 bridgehead atoms. The molecule has 0 unspecified atom stereocenters. The molecule has 1 saturated heterocycles. The van der Waals surface area contributed by atoms with E-state index in [1.54, 1.807) is 12.1 Å². The molecule has 1 fully saturated rings. The van der Waals surface area contributed by atoms with E-state index in [1.807, 2.05) is 59.7 Å². The summed E-state index contributed by atoms with van der Waals surface area (Å²) in [5.41, 5.74) is 3.04. The van der Waals surface area contributed by atoms with Crippen LogP contribution >= 0.6 is 35.2 Å². The summed E-state index contributed by atoms with van der Waals surface area (Å²) in [4.78, 5) is 29.8. The van der Waals surface area contributed by atoms with Gasteiger partial charge in [0.1, 0.15) is 0 Å². The van der Waals surface area contributed by atoms with Gasteiger partial charge in [0.25, 0.3) is 11.8 Å². The highest BCUT2D eigenvalue weighted by Crippen LogP contribution is 2.30. The Balaban J connectivity index is 1.33. The number of halogens is 1. The van der Waals surface area contributed by atoms with Crippen LogP contribution in [0.2, 0.25) is 5.02 Å². The van der Waals surface area contributed by atoms with E-state index in [4.69, 9.17) is 23.8 Å². The van der Waals surface area contributed by atoms with Crippen molar-refractivity contribution in [1.29, 1.82) is 0 Å². The number of benzene rings is 2. The van der Waals surface area contributed by atoms with Crippen molar-refractivity contribution in [3.63, 3.8) is 0 Å². The van der Waals surface area contributed by atoms with Crippen LogP contribution in [-0.2, 0) is 0 Å². The first kappa shape index (κ1) is 23.2. The highest BCUT2D eigenvalue weighted by molar-refractivity contribution is 7.80. The van der Waals surface area contributed by atoms with E-state index in [9.17, 15) is 9.59 Å². The van der Waals surface area contributed by atoms with Gasteiger partial charge in [-0.3, -0.25) is 14.9 Å². The molecular weight excluding hydrogens is 476 g/mol. The van der Waals surface area contributed by atoms with Crippen LogP contribution < -0.4 is 15.5 Å². The van der Waals surface area contributed by atoms with E-state index in [0.717, 1.165) is 16.1 Å². The zero-order valence-corrected chi connectivity index (χ0v) is 20.4. The second-order valence-electron chi connectivity index (χ2n) is 7.65. The van der Waals surface area contributed by atoms with Crippen molar-refractivity contribution in [2.75, 3.05) is 36.4 Å². The molecule has 9 heteroatoms. The molecule has 0 spiro atoms. The first-order chi connectivity index (χ1) is 15.9. The molecule has 0 aliphatic carbocycles. The lowest BCUT2D eigenvalue weighted by Crippen LogP contribution is -2.48. The first-order valence-electron chi connectivity index (χ1n) is 10.5. The van der Waals surface area contributed by atoms with Crippen LogP contribution in [0.3, 0.4) is 0 Å². The molecule has 4 rings (SSSR count). The Bertz CT molecular complexity index is 1170. The number of piperazine rings is 1. The van der Waals surface area contributed by atoms with Gasteiger partial charge in [0.15, 0.2) is 5.11 Å². The van der Waals surface area contributed by atoms with Crippen molar-refractivity contribution in [1.82, 2.24) is 10.2 Å². The molecule has 0 atom stereocenters. The number of carbonyl (C=O) groups is 2. The van der Waals surface area contributed by atoms with Crippen LogP contribution in [0.25, 0.3) is 0 Å². The second kappa shape index (κ2) is 10.3. The fourth-order valence-electron chi connectivity index (χ4n) is 3.71. The number of thiophene rings is 1. The van der Waals surface area contributed by atoms with Crippen LogP contribution in [0.4, 0.5) is 11.4 Å². The Hall–Kier alpha value is -2.94. The van der Waals surface area contributed by atoms with Crippen molar-refractivity contribution in [3.05, 3.63) is 81.0 Å². The number of thiocarbonyl (C=S) groups is 1. The molecule has 2 N–H and O–H groups in total. The fraction of sp³-hybridized carbons (Fsp3) is 0.208. The lowest BCUT2D eigenvalue weighted by atomic mass is 10.1. The number of rotatable bonds is 4. The highest BCUT2D eigenvalue weighted by atomic mass is 35.5. The quantitative estimate of drug-likeness (QED) is 0.506. The average Bonchev–Trinajstić information content (AvgIpc) is 3.34. The van der Waals surface area contributed by atoms with E-state index in [2.05, 4.69) is 15.5 Å². The first-order valence-corrected chi connectivity index (χ1v) is 12.1. The third-order valence-corrected chi connectivity index (χ3v) is 6.83. The maximum Gasteiger partial charge on any atom is 0.264 e. The van der Waals surface area contributed by atoms with Gasteiger partial charge in [-0.2, -0.15) is 0 Å². The van der Waals surface area contributed by atoms with E-state index < -0.39 is 0 Å². The zero-order valence-electron chi connectivity index (χ0n) is 18.0. The summed E-state index contributed by atoms with van der Waals surface area (Å²) in [6, 6.07) is 16.7. The molecular formula is C24H23ClN4O2S2. The maximum absolute atomic E-state index is 12.5. The molecule has 2 heterocycles. The normalized spacial score (nSPS) is 13.5. The molecule has 0 saturated carbocycles. The van der Waals surface area contributed by atoms with E-state index in [0.29, 0.717) is 42.5 Å². The van der Waals surface area contributed by atoms with Gasteiger partial charge in [0.05, 0.1) is 15.6 Å². The summed E-state index contributed by atoms with van der Waals surface area (Å²) in [7, 11) is 0. The lowest BCUT2D eigenvalue weighted by molar-refractivity contribution is 0.0751. The van der Waals surface area contributed by atoms with Crippen molar-refractivity contribution >= 4 is 63.5 Å². The second-order valence-corrected chi connectivity index (χ2v) is 9.41. The van der Waals surface area contributed by atoms with Crippen molar-refractivity contribution in [3.8, 4) is 0 Å². The number of hydrogen-bond donors (Lipinski definition) is 2. The zero-order chi connectivity index (χ0) is 23.4. The third kappa shape index (κ3) is 5.52. The summed E-state index contributed by atoms with van der Waals surface area (Å²) in [5.74, 6) is -0.181. The van der Waals surface area contributed by atoms with Crippen LogP contribution in [0.15, 0.2) is 60.0 Å². The minimum absolute atomic E-state index is 0.0801. The number of nitrogens with zero attached hydrogens (tertiary/aromatic N) is 2. The molecule has 1 aliphatic rings. The maximum atomic E-state index is 12.5. The lowest BCUT2D eigenvalue weighted by Gasteiger charge is -2.36. The number of hydrogen-bond acceptors (Lipinski definition) is 5. The Kier molecular flexibility index (Phi) is 7.27. The Morgan fingerprint density at radius 3 is 2.45 bits per heavy atom. The standard InChI is InChI=1S/C24H23ClN4O2S2/c1-16-5-2-3-6-18(16)22(30)27-24(32)26-17-8-9-20(19(25)15-17)28-10-12-29(13-11-28)23(31)21-7-4-14-33-21/h2-9,14-15H,10-13H2,1H3,(H2,26,27,30,32). The molecule has 2 aromatic carbocycles. The predicted molar refractivity (Wildman–Crippen MR) is 139 cm³/mol. The van der Waals surface area contributed by atoms with E-state index in [-0.39, 0.29) is 16.9 Å². The van der Waals surface area contributed by atoms with Gasteiger partial charge in [-0.05, 0) is 60.4 Å². The number of amides is 2. The Morgan fingerprint density at radius 1 is 1.03 bits per heavy atom. The summed E-state index contributed by atoms with van der Waals surface area (Å²) >= 11 is 13.3. The molecule has 33 heavy (non-hydrogen) atoms. The molecule has 3 aromatic rings. The van der Waals surface area contributed by atoms with E-state index in [1.165, 1.54) is 11.3 Å². The van der Waals surface area contributed by atoms with Crippen LogP contribution in [-0.4, -0.2) is 48.0 Å². The van der Waals surface area contributed by atoms with Crippen molar-refractivity contribution in [2.45, 2.75) is 6.92 Å².